The fourth-order valence-electron chi connectivity index (χ4n) is 1.57. The summed E-state index contributed by atoms with van der Waals surface area (Å²) in [6.45, 7) is 0. The van der Waals surface area contributed by atoms with Crippen molar-refractivity contribution in [2.75, 3.05) is 5.32 Å². The standard InChI is InChI=1S/C11H11Cl2NO3S/c12-9-6-8(3-4-10(9)18(13,16)17)14-11(15)5-7-1-2-7/h3-4,6-7H,1-2,5H2,(H,14,15). The van der Waals surface area contributed by atoms with Gasteiger partial charge in [-0.2, -0.15) is 0 Å². The predicted octanol–water partition coefficient (Wildman–Crippen LogP) is 3.01. The Labute approximate surface area is 115 Å². The quantitative estimate of drug-likeness (QED) is 0.870. The third-order valence-corrected chi connectivity index (χ3v) is 4.45. The maximum absolute atomic E-state index is 11.6. The molecule has 0 heterocycles. The predicted molar refractivity (Wildman–Crippen MR) is 70.5 cm³/mol. The molecule has 1 amide bonds. The van der Waals surface area contributed by atoms with Crippen LogP contribution in [-0.2, 0) is 13.8 Å². The topological polar surface area (TPSA) is 63.2 Å². The Kier molecular flexibility index (Phi) is 3.84. The molecule has 7 heteroatoms. The van der Waals surface area contributed by atoms with Gasteiger partial charge in [0, 0.05) is 22.8 Å². The summed E-state index contributed by atoms with van der Waals surface area (Å²) in [6.07, 6.45) is 2.68. The Hall–Kier alpha value is -0.780. The number of hydrogen-bond donors (Lipinski definition) is 1. The molecule has 1 aromatic rings. The Morgan fingerprint density at radius 3 is 2.56 bits per heavy atom. The van der Waals surface area contributed by atoms with E-state index in [4.69, 9.17) is 22.3 Å². The molecular weight excluding hydrogens is 297 g/mol. The summed E-state index contributed by atoms with van der Waals surface area (Å²) in [6, 6.07) is 4.12. The van der Waals surface area contributed by atoms with Gasteiger partial charge in [-0.15, -0.1) is 0 Å². The van der Waals surface area contributed by atoms with Crippen LogP contribution in [0.1, 0.15) is 19.3 Å². The molecule has 0 aromatic heterocycles. The first kappa shape index (κ1) is 13.6. The maximum Gasteiger partial charge on any atom is 0.262 e. The maximum atomic E-state index is 11.6. The van der Waals surface area contributed by atoms with Crippen molar-refractivity contribution in [2.45, 2.75) is 24.2 Å². The first-order chi connectivity index (χ1) is 8.36. The van der Waals surface area contributed by atoms with E-state index in [9.17, 15) is 13.2 Å². The van der Waals surface area contributed by atoms with E-state index in [1.807, 2.05) is 0 Å². The van der Waals surface area contributed by atoms with E-state index in [1.165, 1.54) is 18.2 Å². The van der Waals surface area contributed by atoms with Gasteiger partial charge in [0.1, 0.15) is 4.90 Å². The van der Waals surface area contributed by atoms with Crippen LogP contribution in [0, 0.1) is 5.92 Å². The highest BCUT2D eigenvalue weighted by atomic mass is 35.7. The first-order valence-corrected chi connectivity index (χ1v) is 8.09. The molecular formula is C11H11Cl2NO3S. The van der Waals surface area contributed by atoms with Gasteiger partial charge in [0.2, 0.25) is 5.91 Å². The summed E-state index contributed by atoms with van der Waals surface area (Å²) in [7, 11) is 1.34. The molecule has 1 saturated carbocycles. The van der Waals surface area contributed by atoms with Crippen LogP contribution in [0.4, 0.5) is 5.69 Å². The number of rotatable bonds is 4. The molecule has 0 radical (unpaired) electrons. The molecule has 1 aliphatic carbocycles. The molecule has 4 nitrogen and oxygen atoms in total. The molecule has 0 bridgehead atoms. The molecule has 98 valence electrons. The average Bonchev–Trinajstić information content (AvgIpc) is 2.99. The Balaban J connectivity index is 2.10. The average molecular weight is 308 g/mol. The lowest BCUT2D eigenvalue weighted by Gasteiger charge is -2.06. The van der Waals surface area contributed by atoms with Crippen LogP contribution in [0.3, 0.4) is 0 Å². The molecule has 18 heavy (non-hydrogen) atoms. The van der Waals surface area contributed by atoms with E-state index < -0.39 is 9.05 Å². The van der Waals surface area contributed by atoms with Crippen LogP contribution in [0.15, 0.2) is 23.1 Å². The number of benzene rings is 1. The summed E-state index contributed by atoms with van der Waals surface area (Å²) < 4.78 is 22.3. The summed E-state index contributed by atoms with van der Waals surface area (Å²) in [4.78, 5) is 11.4. The lowest BCUT2D eigenvalue weighted by atomic mass is 10.2. The van der Waals surface area contributed by atoms with Gasteiger partial charge in [-0.3, -0.25) is 4.79 Å². The summed E-state index contributed by atoms with van der Waals surface area (Å²) in [5.41, 5.74) is 0.467. The minimum absolute atomic E-state index is 0.00535. The number of carbonyl (C=O) groups is 1. The highest BCUT2D eigenvalue weighted by Crippen LogP contribution is 2.33. The largest absolute Gasteiger partial charge is 0.326 e. The summed E-state index contributed by atoms with van der Waals surface area (Å²) in [5, 5.41) is 2.67. The van der Waals surface area contributed by atoms with Crippen LogP contribution in [0.5, 0.6) is 0 Å². The second-order valence-electron chi connectivity index (χ2n) is 4.28. The number of halogens is 2. The zero-order chi connectivity index (χ0) is 13.3. The van der Waals surface area contributed by atoms with E-state index in [-0.39, 0.29) is 15.8 Å². The molecule has 0 spiro atoms. The fourth-order valence-corrected chi connectivity index (χ4v) is 3.10. The lowest BCUT2D eigenvalue weighted by Crippen LogP contribution is -2.12. The molecule has 0 saturated heterocycles. The van der Waals surface area contributed by atoms with Crippen LogP contribution < -0.4 is 5.32 Å². The summed E-state index contributed by atoms with van der Waals surface area (Å²) in [5.74, 6) is 0.401. The van der Waals surface area contributed by atoms with Crippen molar-refractivity contribution < 1.29 is 13.2 Å². The summed E-state index contributed by atoms with van der Waals surface area (Å²) >= 11 is 5.80. The monoisotopic (exact) mass is 307 g/mol. The molecule has 1 fully saturated rings. The van der Waals surface area contributed by atoms with Crippen molar-refractivity contribution in [3.05, 3.63) is 23.2 Å². The second-order valence-corrected chi connectivity index (χ2v) is 7.22. The van der Waals surface area contributed by atoms with E-state index in [0.29, 0.717) is 18.0 Å². The third-order valence-electron chi connectivity index (χ3n) is 2.65. The molecule has 0 aliphatic heterocycles. The van der Waals surface area contributed by atoms with Crippen molar-refractivity contribution in [1.29, 1.82) is 0 Å². The molecule has 0 atom stereocenters. The normalized spacial score (nSPS) is 15.4. The van der Waals surface area contributed by atoms with Crippen molar-refractivity contribution in [3.63, 3.8) is 0 Å². The molecule has 1 N–H and O–H groups in total. The molecule has 1 aliphatic rings. The van der Waals surface area contributed by atoms with Crippen LogP contribution in [-0.4, -0.2) is 14.3 Å². The van der Waals surface area contributed by atoms with Crippen molar-refractivity contribution in [1.82, 2.24) is 0 Å². The Morgan fingerprint density at radius 2 is 2.06 bits per heavy atom. The number of hydrogen-bond acceptors (Lipinski definition) is 3. The van der Waals surface area contributed by atoms with E-state index in [2.05, 4.69) is 5.32 Å². The minimum Gasteiger partial charge on any atom is -0.326 e. The Bertz CT molecular complexity index is 582. The zero-order valence-corrected chi connectivity index (χ0v) is 11.6. The van der Waals surface area contributed by atoms with Crippen molar-refractivity contribution in [2.24, 2.45) is 5.92 Å². The van der Waals surface area contributed by atoms with Crippen molar-refractivity contribution in [3.8, 4) is 0 Å². The van der Waals surface area contributed by atoms with Crippen LogP contribution in [0.2, 0.25) is 5.02 Å². The number of amides is 1. The van der Waals surface area contributed by atoms with Gasteiger partial charge in [-0.25, -0.2) is 8.42 Å². The van der Waals surface area contributed by atoms with E-state index in [0.717, 1.165) is 12.8 Å². The van der Waals surface area contributed by atoms with Gasteiger partial charge in [-0.05, 0) is 37.0 Å². The number of carbonyl (C=O) groups excluding carboxylic acids is 1. The molecule has 2 rings (SSSR count). The highest BCUT2D eigenvalue weighted by molar-refractivity contribution is 8.13. The molecule has 1 aromatic carbocycles. The lowest BCUT2D eigenvalue weighted by molar-refractivity contribution is -0.116. The van der Waals surface area contributed by atoms with Crippen LogP contribution >= 0.6 is 22.3 Å². The van der Waals surface area contributed by atoms with Gasteiger partial charge in [-0.1, -0.05) is 11.6 Å². The van der Waals surface area contributed by atoms with Gasteiger partial charge < -0.3 is 5.32 Å². The second kappa shape index (κ2) is 5.07. The fraction of sp³-hybridized carbons (Fsp3) is 0.364. The zero-order valence-electron chi connectivity index (χ0n) is 9.32. The van der Waals surface area contributed by atoms with Gasteiger partial charge >= 0.3 is 0 Å². The third kappa shape index (κ3) is 3.60. The number of nitrogens with one attached hydrogen (secondary N) is 1. The molecule has 0 unspecified atom stereocenters. The van der Waals surface area contributed by atoms with Crippen molar-refractivity contribution >= 4 is 42.9 Å². The van der Waals surface area contributed by atoms with E-state index in [1.54, 1.807) is 0 Å². The SMILES string of the molecule is O=C(CC1CC1)Nc1ccc(S(=O)(=O)Cl)c(Cl)c1. The van der Waals surface area contributed by atoms with Crippen LogP contribution in [0.25, 0.3) is 0 Å². The van der Waals surface area contributed by atoms with Gasteiger partial charge in [0.25, 0.3) is 9.05 Å². The van der Waals surface area contributed by atoms with E-state index >= 15 is 0 Å². The minimum atomic E-state index is -3.86. The number of anilines is 1. The first-order valence-electron chi connectivity index (χ1n) is 5.40. The Morgan fingerprint density at radius 1 is 1.39 bits per heavy atom. The van der Waals surface area contributed by atoms with Gasteiger partial charge in [0.05, 0.1) is 5.02 Å². The highest BCUT2D eigenvalue weighted by Gasteiger charge is 2.24. The smallest absolute Gasteiger partial charge is 0.262 e. The van der Waals surface area contributed by atoms with Gasteiger partial charge in [0.15, 0.2) is 0 Å².